The van der Waals surface area contributed by atoms with Gasteiger partial charge in [0.1, 0.15) is 11.9 Å². The number of hydrogen-bond acceptors (Lipinski definition) is 3. The van der Waals surface area contributed by atoms with Crippen molar-refractivity contribution in [1.29, 1.82) is 5.26 Å². The number of benzene rings is 1. The van der Waals surface area contributed by atoms with E-state index in [0.717, 1.165) is 11.0 Å². The highest BCUT2D eigenvalue weighted by Crippen LogP contribution is 2.16. The molecule has 70 valence electrons. The molecule has 0 saturated carbocycles. The van der Waals surface area contributed by atoms with Gasteiger partial charge in [-0.05, 0) is 25.1 Å². The number of hydrogen-bond donors (Lipinski definition) is 2. The van der Waals surface area contributed by atoms with Crippen LogP contribution in [0.15, 0.2) is 18.2 Å². The van der Waals surface area contributed by atoms with E-state index in [-0.39, 0.29) is 0 Å². The van der Waals surface area contributed by atoms with Gasteiger partial charge in [-0.2, -0.15) is 5.26 Å². The van der Waals surface area contributed by atoms with Gasteiger partial charge >= 0.3 is 0 Å². The van der Waals surface area contributed by atoms with Crippen LogP contribution >= 0.6 is 0 Å². The maximum atomic E-state index is 9.29. The van der Waals surface area contributed by atoms with Crippen LogP contribution in [0.3, 0.4) is 0 Å². The predicted molar refractivity (Wildman–Crippen MR) is 51.4 cm³/mol. The molecule has 1 unspecified atom stereocenters. The van der Waals surface area contributed by atoms with Gasteiger partial charge in [0.2, 0.25) is 0 Å². The lowest BCUT2D eigenvalue weighted by molar-refractivity contribution is 0.190. The summed E-state index contributed by atoms with van der Waals surface area (Å²) in [5.41, 5.74) is 2.12. The molecule has 0 amide bonds. The quantitative estimate of drug-likeness (QED) is 0.710. The predicted octanol–water partition coefficient (Wildman–Crippen LogP) is 1.49. The van der Waals surface area contributed by atoms with Crippen molar-refractivity contribution in [3.63, 3.8) is 0 Å². The van der Waals surface area contributed by atoms with Crippen LogP contribution in [-0.2, 0) is 0 Å². The van der Waals surface area contributed by atoms with Crippen LogP contribution < -0.4 is 0 Å². The number of aliphatic hydroxyl groups is 1. The minimum Gasteiger partial charge on any atom is -0.385 e. The summed E-state index contributed by atoms with van der Waals surface area (Å²) in [6.45, 7) is 1.64. The highest BCUT2D eigenvalue weighted by atomic mass is 16.3. The number of aliphatic hydroxyl groups excluding tert-OH is 1. The van der Waals surface area contributed by atoms with Crippen molar-refractivity contribution in [3.8, 4) is 6.07 Å². The van der Waals surface area contributed by atoms with E-state index in [9.17, 15) is 5.11 Å². The Hall–Kier alpha value is -1.86. The zero-order valence-electron chi connectivity index (χ0n) is 7.65. The molecule has 0 saturated heterocycles. The zero-order chi connectivity index (χ0) is 10.1. The van der Waals surface area contributed by atoms with Gasteiger partial charge in [-0.3, -0.25) is 0 Å². The number of aromatic nitrogens is 2. The van der Waals surface area contributed by atoms with Crippen molar-refractivity contribution in [1.82, 2.24) is 9.97 Å². The topological polar surface area (TPSA) is 72.7 Å². The van der Waals surface area contributed by atoms with Crippen LogP contribution in [-0.4, -0.2) is 15.1 Å². The van der Waals surface area contributed by atoms with Gasteiger partial charge in [-0.15, -0.1) is 0 Å². The van der Waals surface area contributed by atoms with Crippen molar-refractivity contribution in [2.24, 2.45) is 0 Å². The van der Waals surface area contributed by atoms with Crippen LogP contribution in [0, 0.1) is 11.3 Å². The summed E-state index contributed by atoms with van der Waals surface area (Å²) >= 11 is 0. The van der Waals surface area contributed by atoms with E-state index in [4.69, 9.17) is 5.26 Å². The lowest BCUT2D eigenvalue weighted by Gasteiger charge is -1.95. The first-order valence-electron chi connectivity index (χ1n) is 4.28. The molecule has 2 N–H and O–H groups in total. The van der Waals surface area contributed by atoms with Crippen LogP contribution in [0.2, 0.25) is 0 Å². The van der Waals surface area contributed by atoms with E-state index in [1.54, 1.807) is 25.1 Å². The lowest BCUT2D eigenvalue weighted by atomic mass is 10.2. The fourth-order valence-corrected chi connectivity index (χ4v) is 1.30. The fraction of sp³-hybridized carbons (Fsp3) is 0.200. The molecule has 0 spiro atoms. The summed E-state index contributed by atoms with van der Waals surface area (Å²) in [6, 6.07) is 7.23. The van der Waals surface area contributed by atoms with E-state index < -0.39 is 6.10 Å². The normalized spacial score (nSPS) is 12.6. The summed E-state index contributed by atoms with van der Waals surface area (Å²) in [7, 11) is 0. The van der Waals surface area contributed by atoms with Gasteiger partial charge < -0.3 is 10.1 Å². The Bertz CT molecular complexity index is 508. The number of nitrogens with one attached hydrogen (secondary N) is 1. The van der Waals surface area contributed by atoms with Crippen LogP contribution in [0.5, 0.6) is 0 Å². The average molecular weight is 187 g/mol. The fourth-order valence-electron chi connectivity index (χ4n) is 1.30. The second-order valence-electron chi connectivity index (χ2n) is 3.14. The number of fused-ring (bicyclic) bond motifs is 1. The number of H-pyrrole nitrogens is 1. The van der Waals surface area contributed by atoms with Gasteiger partial charge in [0.05, 0.1) is 22.7 Å². The number of aromatic amines is 1. The zero-order valence-corrected chi connectivity index (χ0v) is 7.65. The van der Waals surface area contributed by atoms with Gasteiger partial charge in [-0.25, -0.2) is 4.98 Å². The molecule has 0 fully saturated rings. The van der Waals surface area contributed by atoms with E-state index in [1.807, 2.05) is 6.07 Å². The minimum atomic E-state index is -0.618. The van der Waals surface area contributed by atoms with Gasteiger partial charge in [0.15, 0.2) is 0 Å². The first kappa shape index (κ1) is 8.73. The maximum absolute atomic E-state index is 9.29. The molecular weight excluding hydrogens is 178 g/mol. The third kappa shape index (κ3) is 1.34. The second kappa shape index (κ2) is 3.13. The Kier molecular flexibility index (Phi) is 1.95. The van der Waals surface area contributed by atoms with Crippen LogP contribution in [0.4, 0.5) is 0 Å². The Morgan fingerprint density at radius 3 is 3.00 bits per heavy atom. The molecule has 2 rings (SSSR count). The second-order valence-corrected chi connectivity index (χ2v) is 3.14. The summed E-state index contributed by atoms with van der Waals surface area (Å²) in [5.74, 6) is 0.523. The highest BCUT2D eigenvalue weighted by molar-refractivity contribution is 5.76. The molecular formula is C10H9N3O. The Morgan fingerprint density at radius 2 is 2.36 bits per heavy atom. The number of imidazole rings is 1. The van der Waals surface area contributed by atoms with E-state index in [2.05, 4.69) is 9.97 Å². The molecule has 0 bridgehead atoms. The summed E-state index contributed by atoms with van der Waals surface area (Å²) < 4.78 is 0. The molecule has 4 nitrogen and oxygen atoms in total. The Morgan fingerprint density at radius 1 is 1.57 bits per heavy atom. The smallest absolute Gasteiger partial charge is 0.135 e. The van der Waals surface area contributed by atoms with Crippen LogP contribution in [0.25, 0.3) is 11.0 Å². The molecule has 1 heterocycles. The van der Waals surface area contributed by atoms with Crippen molar-refractivity contribution in [2.75, 3.05) is 0 Å². The lowest BCUT2D eigenvalue weighted by Crippen LogP contribution is -1.92. The molecule has 2 aromatic rings. The Labute approximate surface area is 80.8 Å². The van der Waals surface area contributed by atoms with Gasteiger partial charge in [0.25, 0.3) is 0 Å². The molecule has 0 aliphatic carbocycles. The first-order valence-corrected chi connectivity index (χ1v) is 4.28. The number of nitrogens with zero attached hydrogens (tertiary/aromatic N) is 2. The molecule has 0 aliphatic rings. The van der Waals surface area contributed by atoms with Crippen molar-refractivity contribution < 1.29 is 5.11 Å². The average Bonchev–Trinajstić information content (AvgIpc) is 2.59. The van der Waals surface area contributed by atoms with Crippen molar-refractivity contribution in [2.45, 2.75) is 13.0 Å². The molecule has 1 aromatic heterocycles. The van der Waals surface area contributed by atoms with Gasteiger partial charge in [0, 0.05) is 0 Å². The highest BCUT2D eigenvalue weighted by Gasteiger charge is 2.07. The molecule has 4 heteroatoms. The third-order valence-electron chi connectivity index (χ3n) is 2.03. The first-order chi connectivity index (χ1) is 6.70. The number of rotatable bonds is 1. The van der Waals surface area contributed by atoms with Crippen LogP contribution in [0.1, 0.15) is 24.4 Å². The largest absolute Gasteiger partial charge is 0.385 e. The monoisotopic (exact) mass is 187 g/mol. The molecule has 14 heavy (non-hydrogen) atoms. The minimum absolute atomic E-state index is 0.523. The molecule has 0 aliphatic heterocycles. The van der Waals surface area contributed by atoms with Crippen molar-refractivity contribution in [3.05, 3.63) is 29.6 Å². The maximum Gasteiger partial charge on any atom is 0.135 e. The van der Waals surface area contributed by atoms with Crippen molar-refractivity contribution >= 4 is 11.0 Å². The summed E-state index contributed by atoms with van der Waals surface area (Å²) in [5, 5.41) is 18.0. The van der Waals surface area contributed by atoms with E-state index in [1.165, 1.54) is 0 Å². The van der Waals surface area contributed by atoms with E-state index >= 15 is 0 Å². The molecule has 0 radical (unpaired) electrons. The molecule has 1 aromatic carbocycles. The standard InChI is InChI=1S/C10H9N3O/c1-6(14)10-12-8-3-2-7(5-11)4-9(8)13-10/h2-4,6,14H,1H3,(H,12,13). The van der Waals surface area contributed by atoms with E-state index in [0.29, 0.717) is 11.4 Å². The SMILES string of the molecule is CC(O)c1nc2ccc(C#N)cc2[nH]1. The number of nitriles is 1. The third-order valence-corrected chi connectivity index (χ3v) is 2.03. The summed E-state index contributed by atoms with van der Waals surface area (Å²) in [4.78, 5) is 7.13. The summed E-state index contributed by atoms with van der Waals surface area (Å²) in [6.07, 6.45) is -0.618. The Balaban J connectivity index is 2.61. The molecule has 1 atom stereocenters. The van der Waals surface area contributed by atoms with Gasteiger partial charge in [-0.1, -0.05) is 0 Å².